The number of rotatable bonds is 4. The van der Waals surface area contributed by atoms with Crippen LogP contribution in [0, 0.1) is 0 Å². The van der Waals surface area contributed by atoms with Crippen LogP contribution in [0.2, 0.25) is 0 Å². The van der Waals surface area contributed by atoms with E-state index in [2.05, 4.69) is 10.2 Å². The standard InChI is InChI=1S/C23H24N4O/c24-19-12-13-27(15-19)20-9-6-17(7-10-20)23(28)26-22-14-18(8-11-21(22)25)16-4-2-1-3-5-16/h1-11,14,19H,12-13,15,24-25H2,(H,26,28)/t19-/m0/s1. The van der Waals surface area contributed by atoms with E-state index in [1.54, 1.807) is 0 Å². The van der Waals surface area contributed by atoms with Crippen molar-refractivity contribution < 1.29 is 4.79 Å². The lowest BCUT2D eigenvalue weighted by atomic mass is 10.0. The van der Waals surface area contributed by atoms with Crippen LogP contribution in [0.25, 0.3) is 11.1 Å². The second-order valence-corrected chi connectivity index (χ2v) is 7.16. The van der Waals surface area contributed by atoms with Gasteiger partial charge in [0.2, 0.25) is 0 Å². The fraction of sp³-hybridized carbons (Fsp3) is 0.174. The summed E-state index contributed by atoms with van der Waals surface area (Å²) >= 11 is 0. The molecule has 0 bridgehead atoms. The van der Waals surface area contributed by atoms with Crippen molar-refractivity contribution in [2.24, 2.45) is 5.73 Å². The molecule has 5 nitrogen and oxygen atoms in total. The quantitative estimate of drug-likeness (QED) is 0.609. The molecule has 0 aromatic heterocycles. The first-order chi connectivity index (χ1) is 13.6. The molecule has 1 aliphatic rings. The van der Waals surface area contributed by atoms with Gasteiger partial charge in [-0.25, -0.2) is 0 Å². The summed E-state index contributed by atoms with van der Waals surface area (Å²) in [6, 6.07) is 23.5. The molecule has 1 atom stereocenters. The molecule has 0 saturated carbocycles. The molecule has 0 aliphatic carbocycles. The van der Waals surface area contributed by atoms with E-state index >= 15 is 0 Å². The molecule has 3 aromatic carbocycles. The highest BCUT2D eigenvalue weighted by atomic mass is 16.1. The molecule has 0 unspecified atom stereocenters. The average molecular weight is 372 g/mol. The summed E-state index contributed by atoms with van der Waals surface area (Å²) in [5, 5.41) is 2.94. The van der Waals surface area contributed by atoms with Gasteiger partial charge in [0.05, 0.1) is 11.4 Å². The zero-order valence-corrected chi connectivity index (χ0v) is 15.6. The van der Waals surface area contributed by atoms with E-state index in [1.165, 1.54) is 0 Å². The van der Waals surface area contributed by atoms with E-state index in [-0.39, 0.29) is 11.9 Å². The SMILES string of the molecule is Nc1ccc(-c2ccccc2)cc1NC(=O)c1ccc(N2CC[C@H](N)C2)cc1. The summed E-state index contributed by atoms with van der Waals surface area (Å²) in [5.41, 5.74) is 17.0. The highest BCUT2D eigenvalue weighted by molar-refractivity contribution is 6.06. The normalized spacial score (nSPS) is 16.2. The lowest BCUT2D eigenvalue weighted by Gasteiger charge is -2.18. The first kappa shape index (κ1) is 18.1. The van der Waals surface area contributed by atoms with Gasteiger partial charge in [-0.15, -0.1) is 0 Å². The van der Waals surface area contributed by atoms with E-state index in [1.807, 2.05) is 72.8 Å². The van der Waals surface area contributed by atoms with Gasteiger partial charge in [-0.3, -0.25) is 4.79 Å². The smallest absolute Gasteiger partial charge is 0.255 e. The molecule has 28 heavy (non-hydrogen) atoms. The Kier molecular flexibility index (Phi) is 5.00. The molecule has 0 spiro atoms. The van der Waals surface area contributed by atoms with Gasteiger partial charge in [-0.05, 0) is 53.9 Å². The molecule has 5 N–H and O–H groups in total. The zero-order chi connectivity index (χ0) is 19.5. The number of carbonyl (C=O) groups is 1. The minimum Gasteiger partial charge on any atom is -0.397 e. The largest absolute Gasteiger partial charge is 0.397 e. The minimum absolute atomic E-state index is 0.179. The number of carbonyl (C=O) groups excluding carboxylic acids is 1. The van der Waals surface area contributed by atoms with Gasteiger partial charge in [0.25, 0.3) is 5.91 Å². The Bertz CT molecular complexity index is 970. The Balaban J connectivity index is 1.50. The maximum Gasteiger partial charge on any atom is 0.255 e. The van der Waals surface area contributed by atoms with Crippen LogP contribution in [-0.4, -0.2) is 25.0 Å². The maximum absolute atomic E-state index is 12.7. The number of nitrogens with one attached hydrogen (secondary N) is 1. The number of nitrogens with zero attached hydrogens (tertiary/aromatic N) is 1. The van der Waals surface area contributed by atoms with E-state index < -0.39 is 0 Å². The van der Waals surface area contributed by atoms with E-state index in [4.69, 9.17) is 11.5 Å². The third kappa shape index (κ3) is 3.85. The number of nitrogens with two attached hydrogens (primary N) is 2. The second-order valence-electron chi connectivity index (χ2n) is 7.16. The van der Waals surface area contributed by atoms with Crippen molar-refractivity contribution in [1.29, 1.82) is 0 Å². The second kappa shape index (κ2) is 7.74. The maximum atomic E-state index is 12.7. The summed E-state index contributed by atoms with van der Waals surface area (Å²) in [7, 11) is 0. The fourth-order valence-corrected chi connectivity index (χ4v) is 3.51. The average Bonchev–Trinajstić information content (AvgIpc) is 3.17. The third-order valence-corrected chi connectivity index (χ3v) is 5.13. The van der Waals surface area contributed by atoms with Crippen molar-refractivity contribution in [3.8, 4) is 11.1 Å². The topological polar surface area (TPSA) is 84.4 Å². The molecule has 1 saturated heterocycles. The van der Waals surface area contributed by atoms with Crippen molar-refractivity contribution in [1.82, 2.24) is 0 Å². The molecule has 1 fully saturated rings. The Hall–Kier alpha value is -3.31. The Morgan fingerprint density at radius 3 is 2.39 bits per heavy atom. The number of hydrogen-bond acceptors (Lipinski definition) is 4. The highest BCUT2D eigenvalue weighted by Crippen LogP contribution is 2.28. The first-order valence-electron chi connectivity index (χ1n) is 9.47. The Morgan fingerprint density at radius 1 is 0.964 bits per heavy atom. The lowest BCUT2D eigenvalue weighted by molar-refractivity contribution is 0.102. The molecule has 4 rings (SSSR count). The number of nitrogen functional groups attached to an aromatic ring is 1. The molecule has 142 valence electrons. The molecule has 5 heteroatoms. The lowest BCUT2D eigenvalue weighted by Crippen LogP contribution is -2.26. The van der Waals surface area contributed by atoms with E-state index in [9.17, 15) is 4.79 Å². The van der Waals surface area contributed by atoms with Gasteiger partial charge in [0.1, 0.15) is 0 Å². The molecular formula is C23H24N4O. The number of amides is 1. The summed E-state index contributed by atoms with van der Waals surface area (Å²) in [6.07, 6.45) is 0.999. The summed E-state index contributed by atoms with van der Waals surface area (Å²) in [5.74, 6) is -0.179. The number of anilines is 3. The number of hydrogen-bond donors (Lipinski definition) is 3. The van der Waals surface area contributed by atoms with Crippen LogP contribution < -0.4 is 21.7 Å². The highest BCUT2D eigenvalue weighted by Gasteiger charge is 2.19. The Morgan fingerprint density at radius 2 is 1.71 bits per heavy atom. The van der Waals surface area contributed by atoms with Gasteiger partial charge in [0.15, 0.2) is 0 Å². The van der Waals surface area contributed by atoms with Crippen LogP contribution in [-0.2, 0) is 0 Å². The predicted molar refractivity (Wildman–Crippen MR) is 115 cm³/mol. The van der Waals surface area contributed by atoms with Gasteiger partial charge in [0, 0.05) is 30.4 Å². The predicted octanol–water partition coefficient (Wildman–Crippen LogP) is 3.73. The van der Waals surface area contributed by atoms with Crippen LogP contribution >= 0.6 is 0 Å². The van der Waals surface area contributed by atoms with Crippen molar-refractivity contribution in [3.05, 3.63) is 78.4 Å². The number of benzene rings is 3. The molecule has 0 radical (unpaired) electrons. The molecule has 1 aliphatic heterocycles. The molecular weight excluding hydrogens is 348 g/mol. The van der Waals surface area contributed by atoms with Crippen molar-refractivity contribution in [2.45, 2.75) is 12.5 Å². The summed E-state index contributed by atoms with van der Waals surface area (Å²) in [4.78, 5) is 14.9. The van der Waals surface area contributed by atoms with Crippen LogP contribution in [0.15, 0.2) is 72.8 Å². The van der Waals surface area contributed by atoms with Gasteiger partial charge in [-0.1, -0.05) is 36.4 Å². The molecule has 1 heterocycles. The Labute approximate surface area is 165 Å². The van der Waals surface area contributed by atoms with Gasteiger partial charge in [-0.2, -0.15) is 0 Å². The van der Waals surface area contributed by atoms with Crippen molar-refractivity contribution >= 4 is 23.0 Å². The van der Waals surface area contributed by atoms with Crippen molar-refractivity contribution in [2.75, 3.05) is 29.0 Å². The fourth-order valence-electron chi connectivity index (χ4n) is 3.51. The van der Waals surface area contributed by atoms with Crippen LogP contribution in [0.4, 0.5) is 17.1 Å². The summed E-state index contributed by atoms with van der Waals surface area (Å²) in [6.45, 7) is 1.81. The van der Waals surface area contributed by atoms with E-state index in [0.717, 1.165) is 36.3 Å². The molecule has 1 amide bonds. The van der Waals surface area contributed by atoms with Gasteiger partial charge < -0.3 is 21.7 Å². The third-order valence-electron chi connectivity index (χ3n) is 5.13. The van der Waals surface area contributed by atoms with Crippen LogP contribution in [0.3, 0.4) is 0 Å². The van der Waals surface area contributed by atoms with Crippen LogP contribution in [0.5, 0.6) is 0 Å². The molecule has 3 aromatic rings. The van der Waals surface area contributed by atoms with Gasteiger partial charge >= 0.3 is 0 Å². The monoisotopic (exact) mass is 372 g/mol. The zero-order valence-electron chi connectivity index (χ0n) is 15.6. The van der Waals surface area contributed by atoms with E-state index in [0.29, 0.717) is 16.9 Å². The summed E-state index contributed by atoms with van der Waals surface area (Å²) < 4.78 is 0. The minimum atomic E-state index is -0.179. The van der Waals surface area contributed by atoms with Crippen molar-refractivity contribution in [3.63, 3.8) is 0 Å². The van der Waals surface area contributed by atoms with Crippen LogP contribution in [0.1, 0.15) is 16.8 Å². The first-order valence-corrected chi connectivity index (χ1v) is 9.47.